The number of aliphatic hydroxyl groups is 1. The lowest BCUT2D eigenvalue weighted by atomic mass is 10.1. The average molecular weight is 901 g/mol. The van der Waals surface area contributed by atoms with Gasteiger partial charge in [-0.05, 0) is 48.3 Å². The molecular formula is C46H44N8O8S2. The first-order valence-corrected chi connectivity index (χ1v) is 22.7. The van der Waals surface area contributed by atoms with E-state index in [9.17, 15) is 16.8 Å². The van der Waals surface area contributed by atoms with Crippen molar-refractivity contribution in [1.82, 2.24) is 29.9 Å². The van der Waals surface area contributed by atoms with E-state index < -0.39 is 20.0 Å². The molecular weight excluding hydrogens is 857 g/mol. The highest BCUT2D eigenvalue weighted by molar-refractivity contribution is 7.96. The van der Waals surface area contributed by atoms with Crippen LogP contribution in [-0.2, 0) is 20.0 Å². The predicted molar refractivity (Wildman–Crippen MR) is 246 cm³/mol. The number of aryl methyl sites for hydroxylation is 2. The second-order valence-corrected chi connectivity index (χ2v) is 16.7. The Labute approximate surface area is 371 Å². The van der Waals surface area contributed by atoms with Crippen LogP contribution in [0, 0.1) is 13.8 Å². The molecule has 328 valence electrons. The molecule has 64 heavy (non-hydrogen) atoms. The first-order valence-electron chi connectivity index (χ1n) is 19.6. The zero-order chi connectivity index (χ0) is 45.2. The highest BCUT2D eigenvalue weighted by Gasteiger charge is 2.20. The van der Waals surface area contributed by atoms with Gasteiger partial charge >= 0.3 is 0 Å². The summed E-state index contributed by atoms with van der Waals surface area (Å²) in [5, 5.41) is 11.2. The van der Waals surface area contributed by atoms with Gasteiger partial charge in [0.1, 0.15) is 32.5 Å². The van der Waals surface area contributed by atoms with Gasteiger partial charge in [-0.3, -0.25) is 14.4 Å². The number of anilines is 2. The number of nitrogens with zero attached hydrogens (tertiary/aromatic N) is 6. The zero-order valence-electron chi connectivity index (χ0n) is 34.7. The second-order valence-electron chi connectivity index (χ2n) is 13.6. The third kappa shape index (κ3) is 14.0. The van der Waals surface area contributed by atoms with Crippen LogP contribution in [0.4, 0.5) is 11.6 Å². The van der Waals surface area contributed by atoms with E-state index in [0.717, 1.165) is 33.1 Å². The van der Waals surface area contributed by atoms with Gasteiger partial charge in [0.25, 0.3) is 20.0 Å². The summed E-state index contributed by atoms with van der Waals surface area (Å²) in [6, 6.07) is 33.2. The Morgan fingerprint density at radius 2 is 1.00 bits per heavy atom. The number of hydrogen-bond acceptors (Lipinski definition) is 14. The highest BCUT2D eigenvalue weighted by Crippen LogP contribution is 2.36. The van der Waals surface area contributed by atoms with Gasteiger partial charge in [-0.2, -0.15) is 0 Å². The van der Waals surface area contributed by atoms with Gasteiger partial charge in [0.2, 0.25) is 17.6 Å². The Bertz CT molecular complexity index is 2860. The van der Waals surface area contributed by atoms with Crippen LogP contribution in [0.3, 0.4) is 0 Å². The molecule has 0 aliphatic heterocycles. The molecule has 0 spiro atoms. The topological polar surface area (TPSA) is 218 Å². The summed E-state index contributed by atoms with van der Waals surface area (Å²) >= 11 is 0. The fourth-order valence-corrected chi connectivity index (χ4v) is 7.32. The summed E-state index contributed by atoms with van der Waals surface area (Å²) in [7, 11) is -7.70. The Kier molecular flexibility index (Phi) is 16.2. The number of nitrogens with one attached hydrogen (secondary N) is 2. The lowest BCUT2D eigenvalue weighted by molar-refractivity contribution is 0.197. The Balaban J connectivity index is 0.000000216. The van der Waals surface area contributed by atoms with Crippen molar-refractivity contribution in [1.29, 1.82) is 0 Å². The van der Waals surface area contributed by atoms with Crippen molar-refractivity contribution in [3.63, 3.8) is 0 Å². The highest BCUT2D eigenvalue weighted by atomic mass is 32.2. The summed E-state index contributed by atoms with van der Waals surface area (Å²) in [6.45, 7) is 4.08. The number of hydrogen-bond donors (Lipinski definition) is 3. The maximum atomic E-state index is 12.8. The third-order valence-corrected chi connectivity index (χ3v) is 10.6. The summed E-state index contributed by atoms with van der Waals surface area (Å²) in [5.74, 6) is 0.969. The van der Waals surface area contributed by atoms with Crippen LogP contribution in [0.25, 0.3) is 34.4 Å². The molecule has 0 aliphatic rings. The largest absolute Gasteiger partial charge is 0.475 e. The van der Waals surface area contributed by atoms with Crippen LogP contribution in [0.1, 0.15) is 22.3 Å². The van der Waals surface area contributed by atoms with Crippen molar-refractivity contribution in [3.05, 3.63) is 174 Å². The summed E-state index contributed by atoms with van der Waals surface area (Å²) in [6.07, 6.45) is 10.0. The van der Waals surface area contributed by atoms with E-state index >= 15 is 0 Å². The number of aromatic nitrogens is 6. The van der Waals surface area contributed by atoms with Gasteiger partial charge < -0.3 is 19.3 Å². The number of benzene rings is 4. The lowest BCUT2D eigenvalue weighted by Gasteiger charge is -2.15. The molecule has 3 heterocycles. The van der Waals surface area contributed by atoms with E-state index in [0.29, 0.717) is 28.1 Å². The fourth-order valence-electron chi connectivity index (χ4n) is 5.66. The van der Waals surface area contributed by atoms with E-state index in [4.69, 9.17) is 19.3 Å². The van der Waals surface area contributed by atoms with Crippen LogP contribution in [-0.4, -0.2) is 78.3 Å². The molecule has 0 atom stereocenters. The number of aliphatic hydroxyl groups excluding tert-OH is 1. The minimum atomic E-state index is -3.87. The van der Waals surface area contributed by atoms with Gasteiger partial charge in [0.05, 0.1) is 34.7 Å². The van der Waals surface area contributed by atoms with Gasteiger partial charge in [-0.25, -0.2) is 41.8 Å². The van der Waals surface area contributed by atoms with E-state index in [-0.39, 0.29) is 49.8 Å². The molecule has 0 amide bonds. The van der Waals surface area contributed by atoms with Gasteiger partial charge in [0, 0.05) is 12.4 Å². The van der Waals surface area contributed by atoms with Crippen molar-refractivity contribution in [2.24, 2.45) is 0 Å². The molecule has 7 aromatic rings. The van der Waals surface area contributed by atoms with Crippen molar-refractivity contribution in [2.45, 2.75) is 13.8 Å². The average Bonchev–Trinajstić information content (AvgIpc) is 3.30. The van der Waals surface area contributed by atoms with Crippen molar-refractivity contribution in [3.8, 4) is 39.9 Å². The normalized spacial score (nSPS) is 11.4. The summed E-state index contributed by atoms with van der Waals surface area (Å²) < 4.78 is 72.7. The van der Waals surface area contributed by atoms with E-state index in [1.165, 1.54) is 37.2 Å². The van der Waals surface area contributed by atoms with Crippen molar-refractivity contribution < 1.29 is 36.2 Å². The SMILES string of the molecule is Cc1ccc(-c2c(NS(=O)(=O)/C=C/c3ccccc3)ncnc2OCCO)cc1.Cc1ccc(-c2c(NS(=O)(=O)/C=C/c3ccccc3)ncnc2OCCOc2cnccn2)cc1. The number of rotatable bonds is 18. The van der Waals surface area contributed by atoms with E-state index in [1.807, 2.05) is 111 Å². The molecule has 7 rings (SSSR count). The minimum Gasteiger partial charge on any atom is -0.475 e. The van der Waals surface area contributed by atoms with Crippen LogP contribution in [0.2, 0.25) is 0 Å². The smallest absolute Gasteiger partial charge is 0.256 e. The maximum Gasteiger partial charge on any atom is 0.256 e. The molecule has 3 aromatic heterocycles. The first kappa shape index (κ1) is 46.0. The Morgan fingerprint density at radius 1 is 0.547 bits per heavy atom. The molecule has 0 unspecified atom stereocenters. The predicted octanol–water partition coefficient (Wildman–Crippen LogP) is 7.35. The molecule has 0 radical (unpaired) electrons. The second kappa shape index (κ2) is 22.5. The molecule has 0 saturated heterocycles. The van der Waals surface area contributed by atoms with Crippen molar-refractivity contribution in [2.75, 3.05) is 35.9 Å². The van der Waals surface area contributed by atoms with Crippen LogP contribution in [0.5, 0.6) is 17.6 Å². The number of ether oxygens (including phenoxy) is 3. The molecule has 0 fully saturated rings. The Morgan fingerprint density at radius 3 is 1.44 bits per heavy atom. The molecule has 0 aliphatic carbocycles. The van der Waals surface area contributed by atoms with E-state index in [2.05, 4.69) is 39.3 Å². The van der Waals surface area contributed by atoms with Gasteiger partial charge in [-0.15, -0.1) is 0 Å². The molecule has 18 heteroatoms. The monoisotopic (exact) mass is 900 g/mol. The van der Waals surface area contributed by atoms with E-state index in [1.54, 1.807) is 18.3 Å². The standard InChI is InChI=1S/C25H23N5O4S.C21H21N3O4S/c1-19-7-9-21(10-8-19)23-24(30-35(31,32)16-11-20-5-3-2-4-6-20)28-18-29-25(23)34-15-14-33-22-17-26-12-13-27-22;1-16-7-9-18(10-8-16)19-20(22-15-23-21(19)28-13-12-25)24-29(26,27)14-11-17-5-3-2-4-6-17/h2-13,16-18H,14-15H2,1H3,(H,28,29,30);2-11,14-15,25H,12-13H2,1H3,(H,22,23,24)/b16-11+;14-11+. The third-order valence-electron chi connectivity index (χ3n) is 8.70. The summed E-state index contributed by atoms with van der Waals surface area (Å²) in [5.41, 5.74) is 5.83. The Hall–Kier alpha value is -7.54. The van der Waals surface area contributed by atoms with Crippen LogP contribution < -0.4 is 23.7 Å². The quantitative estimate of drug-likeness (QED) is 0.0718. The van der Waals surface area contributed by atoms with Gasteiger partial charge in [-0.1, -0.05) is 120 Å². The van der Waals surface area contributed by atoms with Gasteiger partial charge in [0.15, 0.2) is 11.6 Å². The first-order chi connectivity index (χ1) is 31.0. The zero-order valence-corrected chi connectivity index (χ0v) is 36.4. The molecule has 4 aromatic carbocycles. The minimum absolute atomic E-state index is 0.0238. The number of sulfonamides is 2. The maximum absolute atomic E-state index is 12.8. The molecule has 0 saturated carbocycles. The molecule has 16 nitrogen and oxygen atoms in total. The van der Waals surface area contributed by atoms with Crippen LogP contribution >= 0.6 is 0 Å². The fraction of sp³-hybridized carbons (Fsp3) is 0.130. The molecule has 0 bridgehead atoms. The molecule has 3 N–H and O–H groups in total. The van der Waals surface area contributed by atoms with Crippen molar-refractivity contribution >= 4 is 43.8 Å². The van der Waals surface area contributed by atoms with Crippen LogP contribution in [0.15, 0.2) is 151 Å². The summed E-state index contributed by atoms with van der Waals surface area (Å²) in [4.78, 5) is 24.6. The lowest BCUT2D eigenvalue weighted by Crippen LogP contribution is -2.14.